The number of para-hydroxylation sites is 1. The summed E-state index contributed by atoms with van der Waals surface area (Å²) in [6, 6.07) is 16.9. The molecule has 0 bridgehead atoms. The second-order valence-corrected chi connectivity index (χ2v) is 7.99. The number of pyridine rings is 2. The fourth-order valence-electron chi connectivity index (χ4n) is 3.98. The molecule has 1 fully saturated rings. The number of piperidine rings is 1. The Balaban J connectivity index is 1.46. The molecule has 3 heterocycles. The lowest BCUT2D eigenvalue weighted by Crippen LogP contribution is -2.47. The van der Waals surface area contributed by atoms with E-state index in [0.29, 0.717) is 26.2 Å². The van der Waals surface area contributed by atoms with E-state index >= 15 is 0 Å². The van der Waals surface area contributed by atoms with Gasteiger partial charge in [0.05, 0.1) is 5.92 Å². The molecule has 1 aliphatic heterocycles. The predicted molar refractivity (Wildman–Crippen MR) is 122 cm³/mol. The lowest BCUT2D eigenvalue weighted by atomic mass is 9.96. The third-order valence-corrected chi connectivity index (χ3v) is 5.61. The van der Waals surface area contributed by atoms with Crippen molar-refractivity contribution in [3.05, 3.63) is 90.5 Å². The van der Waals surface area contributed by atoms with Crippen LogP contribution < -0.4 is 5.32 Å². The molecule has 0 aliphatic carbocycles. The summed E-state index contributed by atoms with van der Waals surface area (Å²) in [5, 5.41) is 2.93. The molecular weight excluding hydrogens is 402 g/mol. The Hall–Kier alpha value is -3.74. The lowest BCUT2D eigenvalue weighted by Gasteiger charge is -2.35. The smallest absolute Gasteiger partial charge is 0.321 e. The van der Waals surface area contributed by atoms with E-state index in [-0.39, 0.29) is 17.9 Å². The SMILES string of the molecule is O=C(Nc1ccccc1)N1CCCC(C(=O)N(Cc2ccncc2)Cc2cccnc2)C1. The normalized spacial score (nSPS) is 15.8. The molecule has 32 heavy (non-hydrogen) atoms. The van der Waals surface area contributed by atoms with Crippen molar-refractivity contribution in [1.82, 2.24) is 19.8 Å². The van der Waals surface area contributed by atoms with Crippen LogP contribution in [0.2, 0.25) is 0 Å². The van der Waals surface area contributed by atoms with Gasteiger partial charge in [-0.05, 0) is 54.3 Å². The van der Waals surface area contributed by atoms with Crippen LogP contribution in [0.15, 0.2) is 79.4 Å². The van der Waals surface area contributed by atoms with Gasteiger partial charge >= 0.3 is 6.03 Å². The summed E-state index contributed by atoms with van der Waals surface area (Å²) in [7, 11) is 0. The lowest BCUT2D eigenvalue weighted by molar-refractivity contribution is -0.138. The van der Waals surface area contributed by atoms with Crippen LogP contribution in [0.5, 0.6) is 0 Å². The average Bonchev–Trinajstić information content (AvgIpc) is 2.85. The number of benzene rings is 1. The number of rotatable bonds is 6. The summed E-state index contributed by atoms with van der Waals surface area (Å²) >= 11 is 0. The molecular formula is C25H27N5O2. The van der Waals surface area contributed by atoms with Crippen LogP contribution >= 0.6 is 0 Å². The van der Waals surface area contributed by atoms with Crippen molar-refractivity contribution in [3.63, 3.8) is 0 Å². The zero-order valence-electron chi connectivity index (χ0n) is 17.9. The number of carbonyl (C=O) groups is 2. The van der Waals surface area contributed by atoms with Gasteiger partial charge in [0.2, 0.25) is 5.91 Å². The predicted octanol–water partition coefficient (Wildman–Crippen LogP) is 3.95. The van der Waals surface area contributed by atoms with Crippen LogP contribution in [-0.2, 0) is 17.9 Å². The Labute approximate surface area is 188 Å². The first-order chi connectivity index (χ1) is 15.7. The Bertz CT molecular complexity index is 973. The van der Waals surface area contributed by atoms with E-state index in [4.69, 9.17) is 0 Å². The van der Waals surface area contributed by atoms with Crippen molar-refractivity contribution in [2.75, 3.05) is 18.4 Å². The van der Waals surface area contributed by atoms with Crippen LogP contribution in [-0.4, -0.2) is 44.8 Å². The topological polar surface area (TPSA) is 78.4 Å². The number of aromatic nitrogens is 2. The van der Waals surface area contributed by atoms with Crippen molar-refractivity contribution in [1.29, 1.82) is 0 Å². The van der Waals surface area contributed by atoms with Gasteiger partial charge in [-0.15, -0.1) is 0 Å². The maximum Gasteiger partial charge on any atom is 0.321 e. The number of amides is 3. The molecule has 7 nitrogen and oxygen atoms in total. The molecule has 0 saturated carbocycles. The maximum atomic E-state index is 13.6. The Morgan fingerprint density at radius 1 is 0.938 bits per heavy atom. The van der Waals surface area contributed by atoms with Gasteiger partial charge in [-0.3, -0.25) is 14.8 Å². The van der Waals surface area contributed by atoms with E-state index in [1.165, 1.54) is 0 Å². The number of anilines is 1. The number of carbonyl (C=O) groups excluding carboxylic acids is 2. The second-order valence-electron chi connectivity index (χ2n) is 7.99. The van der Waals surface area contributed by atoms with Crippen LogP contribution in [0.1, 0.15) is 24.0 Å². The maximum absolute atomic E-state index is 13.6. The molecule has 3 aromatic rings. The molecule has 1 saturated heterocycles. The number of likely N-dealkylation sites (tertiary alicyclic amines) is 1. The number of hydrogen-bond acceptors (Lipinski definition) is 4. The molecule has 3 amide bonds. The number of nitrogens with one attached hydrogen (secondary N) is 1. The summed E-state index contributed by atoms with van der Waals surface area (Å²) < 4.78 is 0. The van der Waals surface area contributed by atoms with E-state index in [0.717, 1.165) is 29.7 Å². The summed E-state index contributed by atoms with van der Waals surface area (Å²) in [6.45, 7) is 2.03. The van der Waals surface area contributed by atoms with Crippen molar-refractivity contribution in [2.24, 2.45) is 5.92 Å². The van der Waals surface area contributed by atoms with Crippen molar-refractivity contribution < 1.29 is 9.59 Å². The molecule has 1 unspecified atom stereocenters. The second kappa shape index (κ2) is 10.5. The minimum absolute atomic E-state index is 0.0582. The van der Waals surface area contributed by atoms with E-state index in [1.54, 1.807) is 29.7 Å². The van der Waals surface area contributed by atoms with Crippen molar-refractivity contribution in [3.8, 4) is 0 Å². The minimum Gasteiger partial charge on any atom is -0.334 e. The first-order valence-electron chi connectivity index (χ1n) is 10.9. The quantitative estimate of drug-likeness (QED) is 0.644. The fraction of sp³-hybridized carbons (Fsp3) is 0.280. The third-order valence-electron chi connectivity index (χ3n) is 5.61. The van der Waals surface area contributed by atoms with E-state index < -0.39 is 0 Å². The largest absolute Gasteiger partial charge is 0.334 e. The zero-order valence-corrected chi connectivity index (χ0v) is 17.9. The third kappa shape index (κ3) is 5.69. The van der Waals surface area contributed by atoms with Gasteiger partial charge in [-0.2, -0.15) is 0 Å². The molecule has 1 aliphatic rings. The van der Waals surface area contributed by atoms with Crippen LogP contribution in [0.3, 0.4) is 0 Å². The minimum atomic E-state index is -0.233. The monoisotopic (exact) mass is 429 g/mol. The van der Waals surface area contributed by atoms with Gasteiger partial charge in [0.25, 0.3) is 0 Å². The highest BCUT2D eigenvalue weighted by Gasteiger charge is 2.31. The molecule has 1 N–H and O–H groups in total. The van der Waals surface area contributed by atoms with E-state index in [1.807, 2.05) is 59.5 Å². The van der Waals surface area contributed by atoms with E-state index in [2.05, 4.69) is 15.3 Å². The summed E-state index contributed by atoms with van der Waals surface area (Å²) in [4.78, 5) is 38.2. The molecule has 0 radical (unpaired) electrons. The standard InChI is InChI=1S/C25H27N5O2/c31-24(22-7-5-15-29(19-22)25(32)28-23-8-2-1-3-9-23)30(17-20-10-13-26-14-11-20)18-21-6-4-12-27-16-21/h1-4,6,8-14,16,22H,5,7,15,17-19H2,(H,28,32). The first-order valence-corrected chi connectivity index (χ1v) is 10.9. The first kappa shape index (κ1) is 21.5. The highest BCUT2D eigenvalue weighted by atomic mass is 16.2. The molecule has 0 spiro atoms. The van der Waals surface area contributed by atoms with Gasteiger partial charge in [0.1, 0.15) is 0 Å². The summed E-state index contributed by atoms with van der Waals surface area (Å²) in [6.07, 6.45) is 8.55. The van der Waals surface area contributed by atoms with Crippen LogP contribution in [0, 0.1) is 5.92 Å². The van der Waals surface area contributed by atoms with Crippen molar-refractivity contribution >= 4 is 17.6 Å². The van der Waals surface area contributed by atoms with Crippen molar-refractivity contribution in [2.45, 2.75) is 25.9 Å². The van der Waals surface area contributed by atoms with Gasteiger partial charge < -0.3 is 15.1 Å². The van der Waals surface area contributed by atoms with Gasteiger partial charge in [-0.1, -0.05) is 24.3 Å². The molecule has 164 valence electrons. The highest BCUT2D eigenvalue weighted by Crippen LogP contribution is 2.22. The Kier molecular flexibility index (Phi) is 7.07. The highest BCUT2D eigenvalue weighted by molar-refractivity contribution is 5.90. The zero-order chi connectivity index (χ0) is 22.2. The average molecular weight is 430 g/mol. The van der Waals surface area contributed by atoms with Crippen LogP contribution in [0.25, 0.3) is 0 Å². The van der Waals surface area contributed by atoms with Crippen LogP contribution in [0.4, 0.5) is 10.5 Å². The Morgan fingerprint density at radius 2 is 1.72 bits per heavy atom. The molecule has 1 atom stereocenters. The van der Waals surface area contributed by atoms with Gasteiger partial charge in [0, 0.05) is 56.7 Å². The number of nitrogens with zero attached hydrogens (tertiary/aromatic N) is 4. The summed E-state index contributed by atoms with van der Waals surface area (Å²) in [5.41, 5.74) is 2.75. The molecule has 4 rings (SSSR count). The molecule has 2 aromatic heterocycles. The van der Waals surface area contributed by atoms with Gasteiger partial charge in [0.15, 0.2) is 0 Å². The van der Waals surface area contributed by atoms with Gasteiger partial charge in [-0.25, -0.2) is 4.79 Å². The van der Waals surface area contributed by atoms with E-state index in [9.17, 15) is 9.59 Å². The number of hydrogen-bond donors (Lipinski definition) is 1. The summed E-state index contributed by atoms with van der Waals surface area (Å²) in [5.74, 6) is -0.174. The molecule has 7 heteroatoms. The number of urea groups is 1. The Morgan fingerprint density at radius 3 is 2.47 bits per heavy atom. The fourth-order valence-corrected chi connectivity index (χ4v) is 3.98. The molecule has 1 aromatic carbocycles.